The van der Waals surface area contributed by atoms with Gasteiger partial charge in [0.2, 0.25) is 0 Å². The van der Waals surface area contributed by atoms with Crippen molar-refractivity contribution in [3.8, 4) is 0 Å². The van der Waals surface area contributed by atoms with E-state index in [0.29, 0.717) is 11.4 Å². The molecule has 0 aliphatic heterocycles. The van der Waals surface area contributed by atoms with Gasteiger partial charge in [0, 0.05) is 17.1 Å². The van der Waals surface area contributed by atoms with Crippen molar-refractivity contribution in [2.75, 3.05) is 18.1 Å². The second-order valence-corrected chi connectivity index (χ2v) is 6.60. The van der Waals surface area contributed by atoms with Crippen LogP contribution >= 0.6 is 11.3 Å². The highest BCUT2D eigenvalue weighted by atomic mass is 32.1. The lowest BCUT2D eigenvalue weighted by molar-refractivity contribution is -0.121. The second-order valence-electron chi connectivity index (χ2n) is 5.46. The van der Waals surface area contributed by atoms with Crippen molar-refractivity contribution < 1.29 is 14.3 Å². The average molecular weight is 329 g/mol. The zero-order chi connectivity index (χ0) is 16.2. The van der Waals surface area contributed by atoms with Crippen LogP contribution in [0.15, 0.2) is 36.4 Å². The molecule has 0 unspecified atom stereocenters. The Morgan fingerprint density at radius 2 is 2.00 bits per heavy atom. The number of likely N-dealkylation sites (N-methyl/N-ethyl adjacent to an activating group) is 1. The van der Waals surface area contributed by atoms with Gasteiger partial charge in [-0.2, -0.15) is 0 Å². The van der Waals surface area contributed by atoms with Crippen LogP contribution in [0.5, 0.6) is 0 Å². The molecule has 1 heterocycles. The van der Waals surface area contributed by atoms with E-state index >= 15 is 0 Å². The lowest BCUT2D eigenvalue weighted by Crippen LogP contribution is -2.34. The van der Waals surface area contributed by atoms with Crippen LogP contribution < -0.4 is 4.90 Å². The number of rotatable bonds is 5. The number of thiophene rings is 1. The molecule has 0 N–H and O–H groups in total. The Bertz CT molecular complexity index is 687. The minimum atomic E-state index is -0.401. The molecule has 1 amide bonds. The van der Waals surface area contributed by atoms with Crippen LogP contribution in [0.3, 0.4) is 0 Å². The van der Waals surface area contributed by atoms with E-state index in [1.165, 1.54) is 21.8 Å². The number of hydrogen-bond acceptors (Lipinski definition) is 4. The van der Waals surface area contributed by atoms with Crippen molar-refractivity contribution in [3.63, 3.8) is 0 Å². The van der Waals surface area contributed by atoms with Crippen LogP contribution in [0.2, 0.25) is 0 Å². The fourth-order valence-corrected chi connectivity index (χ4v) is 3.96. The van der Waals surface area contributed by atoms with Gasteiger partial charge in [0.05, 0.1) is 0 Å². The van der Waals surface area contributed by atoms with Gasteiger partial charge in [0.15, 0.2) is 6.61 Å². The summed E-state index contributed by atoms with van der Waals surface area (Å²) in [6.07, 6.45) is 3.25. The third-order valence-electron chi connectivity index (χ3n) is 3.96. The van der Waals surface area contributed by atoms with Crippen molar-refractivity contribution in [1.82, 2.24) is 0 Å². The third kappa shape index (κ3) is 3.45. The number of esters is 1. The van der Waals surface area contributed by atoms with Crippen molar-refractivity contribution in [3.05, 3.63) is 51.7 Å². The molecule has 0 radical (unpaired) electrons. The van der Waals surface area contributed by atoms with Crippen LogP contribution in [0.25, 0.3) is 0 Å². The Morgan fingerprint density at radius 3 is 2.70 bits per heavy atom. The number of carbonyl (C=O) groups excluding carboxylic acids is 2. The average Bonchev–Trinajstić information content (AvgIpc) is 3.16. The fraction of sp³-hybridized carbons (Fsp3) is 0.333. The molecule has 0 atom stereocenters. The number of amides is 1. The van der Waals surface area contributed by atoms with Crippen molar-refractivity contribution in [2.45, 2.75) is 26.2 Å². The predicted octanol–water partition coefficient (Wildman–Crippen LogP) is 3.45. The summed E-state index contributed by atoms with van der Waals surface area (Å²) < 4.78 is 5.21. The largest absolute Gasteiger partial charge is 0.451 e. The molecule has 1 aliphatic carbocycles. The minimum Gasteiger partial charge on any atom is -0.451 e. The molecule has 0 spiro atoms. The smallest absolute Gasteiger partial charge is 0.348 e. The van der Waals surface area contributed by atoms with Gasteiger partial charge in [-0.05, 0) is 49.9 Å². The molecule has 5 heteroatoms. The molecular formula is C18H19NO3S. The quantitative estimate of drug-likeness (QED) is 0.789. The number of hydrogen-bond donors (Lipinski definition) is 0. The normalized spacial score (nSPS) is 12.7. The molecule has 1 aromatic carbocycles. The first-order valence-electron chi connectivity index (χ1n) is 7.83. The van der Waals surface area contributed by atoms with E-state index in [-0.39, 0.29) is 12.5 Å². The first-order valence-corrected chi connectivity index (χ1v) is 8.65. The van der Waals surface area contributed by atoms with E-state index in [1.807, 2.05) is 43.3 Å². The Balaban J connectivity index is 1.60. The van der Waals surface area contributed by atoms with E-state index in [0.717, 1.165) is 24.9 Å². The maximum Gasteiger partial charge on any atom is 0.348 e. The highest BCUT2D eigenvalue weighted by Gasteiger charge is 2.21. The number of carbonyl (C=O) groups is 2. The zero-order valence-corrected chi connectivity index (χ0v) is 13.9. The van der Waals surface area contributed by atoms with Gasteiger partial charge in [0.1, 0.15) is 4.88 Å². The van der Waals surface area contributed by atoms with Crippen LogP contribution in [0, 0.1) is 0 Å². The van der Waals surface area contributed by atoms with E-state index < -0.39 is 5.97 Å². The first kappa shape index (κ1) is 15.7. The Labute approximate surface area is 139 Å². The summed E-state index contributed by atoms with van der Waals surface area (Å²) in [6, 6.07) is 11.3. The number of nitrogens with zero attached hydrogens (tertiary/aromatic N) is 1. The summed E-state index contributed by atoms with van der Waals surface area (Å²) in [5, 5.41) is 0. The van der Waals surface area contributed by atoms with E-state index in [9.17, 15) is 9.59 Å². The molecule has 1 aromatic heterocycles. The molecule has 4 nitrogen and oxygen atoms in total. The maximum absolute atomic E-state index is 12.3. The highest BCUT2D eigenvalue weighted by Crippen LogP contribution is 2.30. The van der Waals surface area contributed by atoms with E-state index in [4.69, 9.17) is 4.74 Å². The second kappa shape index (κ2) is 6.96. The predicted molar refractivity (Wildman–Crippen MR) is 91.1 cm³/mol. The summed E-state index contributed by atoms with van der Waals surface area (Å²) in [6.45, 7) is 2.20. The summed E-state index contributed by atoms with van der Waals surface area (Å²) in [7, 11) is 0. The van der Waals surface area contributed by atoms with Gasteiger partial charge < -0.3 is 9.64 Å². The Kier molecular flexibility index (Phi) is 4.76. The Hall–Kier alpha value is -2.14. The lowest BCUT2D eigenvalue weighted by atomic mass is 10.2. The number of ether oxygens (including phenoxy) is 1. The van der Waals surface area contributed by atoms with Gasteiger partial charge in [-0.15, -0.1) is 11.3 Å². The highest BCUT2D eigenvalue weighted by molar-refractivity contribution is 7.14. The number of benzene rings is 1. The fourth-order valence-electron chi connectivity index (χ4n) is 2.82. The number of aryl methyl sites for hydroxylation is 2. The zero-order valence-electron chi connectivity index (χ0n) is 13.1. The summed E-state index contributed by atoms with van der Waals surface area (Å²) in [5.41, 5.74) is 2.07. The van der Waals surface area contributed by atoms with Crippen LogP contribution in [-0.2, 0) is 22.4 Å². The molecule has 0 saturated heterocycles. The molecule has 0 saturated carbocycles. The van der Waals surface area contributed by atoms with Gasteiger partial charge >= 0.3 is 5.97 Å². The minimum absolute atomic E-state index is 0.212. The van der Waals surface area contributed by atoms with Crippen molar-refractivity contribution in [1.29, 1.82) is 0 Å². The van der Waals surface area contributed by atoms with Crippen molar-refractivity contribution in [2.24, 2.45) is 0 Å². The van der Waals surface area contributed by atoms with Gasteiger partial charge in [-0.25, -0.2) is 4.79 Å². The third-order valence-corrected chi connectivity index (χ3v) is 5.18. The maximum atomic E-state index is 12.3. The van der Waals surface area contributed by atoms with Gasteiger partial charge in [-0.3, -0.25) is 4.79 Å². The summed E-state index contributed by atoms with van der Waals surface area (Å²) >= 11 is 1.49. The van der Waals surface area contributed by atoms with E-state index in [2.05, 4.69) is 0 Å². The molecule has 23 heavy (non-hydrogen) atoms. The van der Waals surface area contributed by atoms with Crippen molar-refractivity contribution >= 4 is 28.9 Å². The molecule has 0 fully saturated rings. The van der Waals surface area contributed by atoms with E-state index in [1.54, 1.807) is 4.90 Å². The molecule has 3 rings (SSSR count). The summed E-state index contributed by atoms with van der Waals surface area (Å²) in [5.74, 6) is -0.613. The first-order chi connectivity index (χ1) is 11.2. The number of para-hydroxylation sites is 1. The molecule has 1 aliphatic rings. The Morgan fingerprint density at radius 1 is 1.22 bits per heavy atom. The molecular weight excluding hydrogens is 310 g/mol. The summed E-state index contributed by atoms with van der Waals surface area (Å²) in [4.78, 5) is 27.9. The molecule has 120 valence electrons. The molecule has 2 aromatic rings. The monoisotopic (exact) mass is 329 g/mol. The lowest BCUT2D eigenvalue weighted by Gasteiger charge is -2.20. The van der Waals surface area contributed by atoms with Gasteiger partial charge in [0.25, 0.3) is 5.91 Å². The topological polar surface area (TPSA) is 46.6 Å². The standard InChI is InChI=1S/C18H19NO3S/c1-2-19(14-8-4-3-5-9-14)17(20)12-22-18(21)16-11-13-7-6-10-15(13)23-16/h3-5,8-9,11H,2,6-7,10,12H2,1H3. The van der Waals surface area contributed by atoms with Crippen LogP contribution in [0.4, 0.5) is 5.69 Å². The van der Waals surface area contributed by atoms with Crippen LogP contribution in [0.1, 0.15) is 33.5 Å². The SMILES string of the molecule is CCN(C(=O)COC(=O)c1cc2c(s1)CCC2)c1ccccc1. The molecule has 0 bridgehead atoms. The van der Waals surface area contributed by atoms with Gasteiger partial charge in [-0.1, -0.05) is 18.2 Å². The number of fused-ring (bicyclic) bond motifs is 1. The van der Waals surface area contributed by atoms with Crippen LogP contribution in [-0.4, -0.2) is 25.0 Å². The number of anilines is 1.